The molecule has 0 aliphatic heterocycles. The first-order chi connectivity index (χ1) is 10.3. The van der Waals surface area contributed by atoms with Crippen molar-refractivity contribution in [3.05, 3.63) is 45.1 Å². The average molecular weight is 360 g/mol. The van der Waals surface area contributed by atoms with E-state index in [1.54, 1.807) is 29.8 Å². The van der Waals surface area contributed by atoms with Gasteiger partial charge in [-0.3, -0.25) is 9.52 Å². The smallest absolute Gasteiger partial charge is 0.310 e. The Morgan fingerprint density at radius 1 is 1.36 bits per heavy atom. The van der Waals surface area contributed by atoms with Crippen LogP contribution in [-0.4, -0.2) is 21.5 Å². The molecule has 0 saturated carbocycles. The van der Waals surface area contributed by atoms with E-state index in [-0.39, 0.29) is 11.3 Å². The second-order valence-electron chi connectivity index (χ2n) is 4.53. The number of nitrogens with one attached hydrogen (secondary N) is 1. The predicted molar refractivity (Wildman–Crippen MR) is 87.0 cm³/mol. The van der Waals surface area contributed by atoms with Gasteiger partial charge < -0.3 is 4.74 Å². The van der Waals surface area contributed by atoms with Gasteiger partial charge in [-0.1, -0.05) is 17.7 Å². The largest absolute Gasteiger partial charge is 0.469 e. The molecule has 0 bridgehead atoms. The number of sulfonamides is 1. The molecule has 0 aliphatic carbocycles. The van der Waals surface area contributed by atoms with E-state index in [4.69, 9.17) is 11.6 Å². The number of rotatable bonds is 5. The van der Waals surface area contributed by atoms with E-state index in [2.05, 4.69) is 9.46 Å². The highest BCUT2D eigenvalue weighted by Crippen LogP contribution is 2.28. The van der Waals surface area contributed by atoms with Crippen molar-refractivity contribution in [2.75, 3.05) is 11.8 Å². The monoisotopic (exact) mass is 359 g/mol. The van der Waals surface area contributed by atoms with Gasteiger partial charge in [-0.05, 0) is 35.6 Å². The Labute approximate surface area is 137 Å². The lowest BCUT2D eigenvalue weighted by Crippen LogP contribution is -2.15. The number of anilines is 1. The summed E-state index contributed by atoms with van der Waals surface area (Å²) in [6.45, 7) is 1.64. The molecule has 2 rings (SSSR count). The molecule has 5 nitrogen and oxygen atoms in total. The van der Waals surface area contributed by atoms with E-state index in [0.717, 1.165) is 0 Å². The SMILES string of the molecule is COC(=O)Cc1cscc1NS(=O)(=O)c1cccc(Cl)c1C. The molecule has 22 heavy (non-hydrogen) atoms. The van der Waals surface area contributed by atoms with Crippen molar-refractivity contribution in [2.45, 2.75) is 18.2 Å². The zero-order valence-corrected chi connectivity index (χ0v) is 14.3. The molecule has 0 saturated heterocycles. The molecule has 1 heterocycles. The number of carbonyl (C=O) groups excluding carboxylic acids is 1. The van der Waals surface area contributed by atoms with Gasteiger partial charge in [0.1, 0.15) is 0 Å². The molecule has 8 heteroatoms. The van der Waals surface area contributed by atoms with Crippen molar-refractivity contribution in [1.82, 2.24) is 0 Å². The number of hydrogen-bond acceptors (Lipinski definition) is 5. The molecule has 0 aliphatic rings. The first-order valence-electron chi connectivity index (χ1n) is 6.25. The summed E-state index contributed by atoms with van der Waals surface area (Å²) < 4.78 is 32.1. The minimum atomic E-state index is -3.78. The number of carbonyl (C=O) groups is 1. The Bertz CT molecular complexity index is 799. The summed E-state index contributed by atoms with van der Waals surface area (Å²) in [4.78, 5) is 11.5. The van der Waals surface area contributed by atoms with Gasteiger partial charge in [0.2, 0.25) is 0 Å². The molecule has 0 unspecified atom stereocenters. The first kappa shape index (κ1) is 16.8. The third kappa shape index (κ3) is 3.60. The lowest BCUT2D eigenvalue weighted by molar-refractivity contribution is -0.139. The van der Waals surface area contributed by atoms with Crippen LogP contribution < -0.4 is 4.72 Å². The Kier molecular flexibility index (Phi) is 5.10. The van der Waals surface area contributed by atoms with Gasteiger partial charge in [0.25, 0.3) is 10.0 Å². The van der Waals surface area contributed by atoms with Crippen molar-refractivity contribution in [3.63, 3.8) is 0 Å². The van der Waals surface area contributed by atoms with Crippen LogP contribution in [0, 0.1) is 6.92 Å². The Balaban J connectivity index is 2.32. The summed E-state index contributed by atoms with van der Waals surface area (Å²) in [7, 11) is -2.50. The molecule has 2 aromatic rings. The summed E-state index contributed by atoms with van der Waals surface area (Å²) >= 11 is 7.27. The van der Waals surface area contributed by atoms with Crippen molar-refractivity contribution in [3.8, 4) is 0 Å². The Morgan fingerprint density at radius 3 is 2.77 bits per heavy atom. The van der Waals surface area contributed by atoms with Gasteiger partial charge in [0.05, 0.1) is 24.1 Å². The molecule has 1 N–H and O–H groups in total. The standard InChI is InChI=1S/C14H14ClNO4S2/c1-9-11(15)4-3-5-13(9)22(18,19)16-12-8-21-7-10(12)6-14(17)20-2/h3-5,7-8,16H,6H2,1-2H3. The van der Waals surface area contributed by atoms with Gasteiger partial charge in [0, 0.05) is 10.4 Å². The van der Waals surface area contributed by atoms with Crippen molar-refractivity contribution in [2.24, 2.45) is 0 Å². The number of methoxy groups -OCH3 is 1. The highest BCUT2D eigenvalue weighted by molar-refractivity contribution is 7.92. The molecular weight excluding hydrogens is 346 g/mol. The van der Waals surface area contributed by atoms with Crippen LogP contribution in [0.2, 0.25) is 5.02 Å². The van der Waals surface area contributed by atoms with Crippen LogP contribution in [0.5, 0.6) is 0 Å². The zero-order valence-electron chi connectivity index (χ0n) is 11.9. The lowest BCUT2D eigenvalue weighted by Gasteiger charge is -2.11. The first-order valence-corrected chi connectivity index (χ1v) is 9.05. The topological polar surface area (TPSA) is 72.5 Å². The van der Waals surface area contributed by atoms with Crippen LogP contribution in [-0.2, 0) is 26.0 Å². The van der Waals surface area contributed by atoms with Crippen LogP contribution in [0.15, 0.2) is 33.9 Å². The molecule has 0 spiro atoms. The maximum Gasteiger partial charge on any atom is 0.310 e. The molecule has 1 aromatic heterocycles. The third-order valence-electron chi connectivity index (χ3n) is 3.06. The second-order valence-corrected chi connectivity index (χ2v) is 7.33. The van der Waals surface area contributed by atoms with Gasteiger partial charge in [-0.2, -0.15) is 0 Å². The van der Waals surface area contributed by atoms with Crippen LogP contribution in [0.3, 0.4) is 0 Å². The van der Waals surface area contributed by atoms with Gasteiger partial charge in [-0.25, -0.2) is 8.42 Å². The van der Waals surface area contributed by atoms with Crippen LogP contribution >= 0.6 is 22.9 Å². The van der Waals surface area contributed by atoms with Crippen LogP contribution in [0.4, 0.5) is 5.69 Å². The van der Waals surface area contributed by atoms with E-state index >= 15 is 0 Å². The predicted octanol–water partition coefficient (Wildman–Crippen LogP) is 3.23. The minimum absolute atomic E-state index is 0.00633. The highest BCUT2D eigenvalue weighted by Gasteiger charge is 2.20. The quantitative estimate of drug-likeness (QED) is 0.832. The number of benzene rings is 1. The highest BCUT2D eigenvalue weighted by atomic mass is 35.5. The summed E-state index contributed by atoms with van der Waals surface area (Å²) in [6, 6.07) is 4.69. The maximum absolute atomic E-state index is 12.5. The summed E-state index contributed by atoms with van der Waals surface area (Å²) in [5.74, 6) is -0.433. The maximum atomic E-state index is 12.5. The number of halogens is 1. The molecule has 0 radical (unpaired) electrons. The fraction of sp³-hybridized carbons (Fsp3) is 0.214. The van der Waals surface area contributed by atoms with Crippen molar-refractivity contribution in [1.29, 1.82) is 0 Å². The Hall–Kier alpha value is -1.57. The third-order valence-corrected chi connectivity index (χ3v) is 5.77. The molecule has 0 amide bonds. The number of thiophene rings is 1. The summed E-state index contributed by atoms with van der Waals surface area (Å²) in [5.41, 5.74) is 1.41. The van der Waals surface area contributed by atoms with E-state index in [1.807, 2.05) is 0 Å². The summed E-state index contributed by atoms with van der Waals surface area (Å²) in [6.07, 6.45) is 0.00633. The zero-order chi connectivity index (χ0) is 16.3. The number of esters is 1. The van der Waals surface area contributed by atoms with Crippen LogP contribution in [0.1, 0.15) is 11.1 Å². The number of ether oxygens (including phenoxy) is 1. The Morgan fingerprint density at radius 2 is 2.09 bits per heavy atom. The van der Waals surface area contributed by atoms with E-state index < -0.39 is 16.0 Å². The van der Waals surface area contributed by atoms with E-state index in [9.17, 15) is 13.2 Å². The molecule has 0 atom stereocenters. The van der Waals surface area contributed by atoms with Gasteiger partial charge in [0.15, 0.2) is 0 Å². The molecule has 1 aromatic carbocycles. The fourth-order valence-electron chi connectivity index (χ4n) is 1.86. The van der Waals surface area contributed by atoms with E-state index in [1.165, 1.54) is 24.5 Å². The lowest BCUT2D eigenvalue weighted by atomic mass is 10.2. The van der Waals surface area contributed by atoms with Crippen molar-refractivity contribution >= 4 is 44.6 Å². The molecular formula is C14H14ClNO4S2. The summed E-state index contributed by atoms with van der Waals surface area (Å²) in [5, 5.41) is 3.72. The average Bonchev–Trinajstić information content (AvgIpc) is 2.87. The van der Waals surface area contributed by atoms with Gasteiger partial charge in [-0.15, -0.1) is 11.3 Å². The van der Waals surface area contributed by atoms with Gasteiger partial charge >= 0.3 is 5.97 Å². The number of hydrogen-bond donors (Lipinski definition) is 1. The normalized spacial score (nSPS) is 11.2. The second kappa shape index (κ2) is 6.68. The van der Waals surface area contributed by atoms with E-state index in [0.29, 0.717) is 21.8 Å². The molecule has 118 valence electrons. The fourth-order valence-corrected chi connectivity index (χ4v) is 4.31. The van der Waals surface area contributed by atoms with Crippen molar-refractivity contribution < 1.29 is 17.9 Å². The van der Waals surface area contributed by atoms with Crippen LogP contribution in [0.25, 0.3) is 0 Å². The molecule has 0 fully saturated rings. The minimum Gasteiger partial charge on any atom is -0.469 e.